The second kappa shape index (κ2) is 4.18. The normalized spacial score (nSPS) is 16.8. The number of benzene rings is 1. The highest BCUT2D eigenvalue weighted by atomic mass is 16.5. The smallest absolute Gasteiger partial charge is 0.176 e. The van der Waals surface area contributed by atoms with E-state index in [2.05, 4.69) is 10.1 Å². The van der Waals surface area contributed by atoms with Gasteiger partial charge in [0.2, 0.25) is 0 Å². The summed E-state index contributed by atoms with van der Waals surface area (Å²) >= 11 is 0. The van der Waals surface area contributed by atoms with Crippen LogP contribution in [0.5, 0.6) is 0 Å². The van der Waals surface area contributed by atoms with E-state index in [4.69, 9.17) is 5.21 Å². The van der Waals surface area contributed by atoms with E-state index in [-0.39, 0.29) is 0 Å². The van der Waals surface area contributed by atoms with Gasteiger partial charge in [0.05, 0.1) is 5.69 Å². The van der Waals surface area contributed by atoms with Crippen LogP contribution in [-0.4, -0.2) is 25.8 Å². The highest BCUT2D eigenvalue weighted by molar-refractivity contribution is 6.00. The fourth-order valence-corrected chi connectivity index (χ4v) is 2.31. The van der Waals surface area contributed by atoms with Crippen molar-refractivity contribution >= 4 is 5.71 Å². The van der Waals surface area contributed by atoms with Crippen molar-refractivity contribution in [2.45, 2.75) is 19.3 Å². The lowest BCUT2D eigenvalue weighted by Gasteiger charge is -2.11. The summed E-state index contributed by atoms with van der Waals surface area (Å²) in [6, 6.07) is 9.47. The molecule has 0 aliphatic heterocycles. The van der Waals surface area contributed by atoms with Crippen LogP contribution in [0.15, 0.2) is 35.5 Å². The van der Waals surface area contributed by atoms with Crippen LogP contribution in [0.3, 0.4) is 0 Å². The fourth-order valence-electron chi connectivity index (χ4n) is 2.31. The maximum absolute atomic E-state index is 10.2. The van der Waals surface area contributed by atoms with Crippen LogP contribution in [0.1, 0.15) is 24.2 Å². The highest BCUT2D eigenvalue weighted by Gasteiger charge is 2.25. The summed E-state index contributed by atoms with van der Waals surface area (Å²) in [5, 5.41) is 22.4. The summed E-state index contributed by atoms with van der Waals surface area (Å²) in [6.07, 6.45) is 2.28. The molecule has 0 bridgehead atoms. The van der Waals surface area contributed by atoms with Gasteiger partial charge in [-0.3, -0.25) is 0 Å². The van der Waals surface area contributed by atoms with Crippen molar-refractivity contribution in [3.63, 3.8) is 0 Å². The summed E-state index contributed by atoms with van der Waals surface area (Å²) in [5.41, 5.74) is 2.70. The average Bonchev–Trinajstić information content (AvgIpc) is 2.77. The van der Waals surface area contributed by atoms with Gasteiger partial charge in [-0.15, -0.1) is 0 Å². The Hall–Kier alpha value is -2.30. The van der Waals surface area contributed by atoms with Crippen molar-refractivity contribution in [1.29, 1.82) is 0 Å². The molecule has 0 fully saturated rings. The first-order valence-corrected chi connectivity index (χ1v) is 5.89. The lowest BCUT2D eigenvalue weighted by Crippen LogP contribution is -2.13. The van der Waals surface area contributed by atoms with Gasteiger partial charge in [-0.2, -0.15) is 4.73 Å². The molecule has 0 saturated heterocycles. The van der Waals surface area contributed by atoms with Crippen LogP contribution in [0, 0.1) is 0 Å². The van der Waals surface area contributed by atoms with Gasteiger partial charge in [0.15, 0.2) is 5.82 Å². The Kier molecular flexibility index (Phi) is 2.51. The first kappa shape index (κ1) is 10.8. The van der Waals surface area contributed by atoms with Gasteiger partial charge in [-0.1, -0.05) is 35.5 Å². The predicted octanol–water partition coefficient (Wildman–Crippen LogP) is 2.30. The number of hydrogen-bond donors (Lipinski definition) is 2. The topological polar surface area (TPSA) is 70.6 Å². The van der Waals surface area contributed by atoms with Crippen LogP contribution in [-0.2, 0) is 6.42 Å². The summed E-state index contributed by atoms with van der Waals surface area (Å²) in [4.78, 5) is 4.39. The minimum absolute atomic E-state index is 0.489. The quantitative estimate of drug-likeness (QED) is 0.458. The van der Waals surface area contributed by atoms with E-state index in [0.29, 0.717) is 29.3 Å². The van der Waals surface area contributed by atoms with Crippen LogP contribution in [0.25, 0.3) is 11.4 Å². The number of oxime groups is 1. The van der Waals surface area contributed by atoms with Crippen molar-refractivity contribution in [2.24, 2.45) is 5.16 Å². The lowest BCUT2D eigenvalue weighted by molar-refractivity contribution is 0.181. The Balaban J connectivity index is 2.17. The van der Waals surface area contributed by atoms with Crippen LogP contribution < -0.4 is 0 Å². The zero-order valence-corrected chi connectivity index (χ0v) is 9.74. The molecule has 1 aromatic heterocycles. The van der Waals surface area contributed by atoms with E-state index >= 15 is 0 Å². The zero-order chi connectivity index (χ0) is 12.5. The van der Waals surface area contributed by atoms with E-state index in [1.54, 1.807) is 0 Å². The van der Waals surface area contributed by atoms with Gasteiger partial charge in [-0.25, -0.2) is 4.98 Å². The van der Waals surface area contributed by atoms with E-state index in [9.17, 15) is 5.21 Å². The average molecular weight is 243 g/mol. The minimum atomic E-state index is 0.489. The molecule has 0 amide bonds. The Bertz CT molecular complexity index is 602. The van der Waals surface area contributed by atoms with Gasteiger partial charge < -0.3 is 10.4 Å². The Labute approximate surface area is 104 Å². The molecule has 2 aromatic rings. The predicted molar refractivity (Wildman–Crippen MR) is 66.1 cm³/mol. The molecule has 0 radical (unpaired) electrons. The Morgan fingerprint density at radius 2 is 1.94 bits per heavy atom. The first-order chi connectivity index (χ1) is 8.81. The third-order valence-electron chi connectivity index (χ3n) is 3.20. The Morgan fingerprint density at radius 1 is 1.17 bits per heavy atom. The lowest BCUT2D eigenvalue weighted by atomic mass is 9.99. The molecule has 1 aliphatic carbocycles. The molecule has 1 aromatic carbocycles. The maximum atomic E-state index is 10.2. The summed E-state index contributed by atoms with van der Waals surface area (Å²) in [7, 11) is 0. The molecule has 5 nitrogen and oxygen atoms in total. The molecule has 2 N–H and O–H groups in total. The standard InChI is InChI=1S/C13H13N3O2/c17-15-10-7-4-8-11-12(10)14-13(16(11)18)9-5-2-1-3-6-9/h1-3,5-6,17-18H,4,7-8H2/b15-10-. The van der Waals surface area contributed by atoms with E-state index in [1.807, 2.05) is 30.3 Å². The minimum Gasteiger partial charge on any atom is -0.427 e. The number of hydrogen-bond acceptors (Lipinski definition) is 4. The van der Waals surface area contributed by atoms with Crippen LogP contribution in [0.4, 0.5) is 0 Å². The third kappa shape index (κ3) is 1.55. The molecule has 3 rings (SSSR count). The van der Waals surface area contributed by atoms with Gasteiger partial charge in [-0.05, 0) is 19.3 Å². The van der Waals surface area contributed by atoms with Gasteiger partial charge in [0, 0.05) is 5.56 Å². The summed E-state index contributed by atoms with van der Waals surface area (Å²) < 4.78 is 1.11. The van der Waals surface area contributed by atoms with E-state index < -0.39 is 0 Å². The monoisotopic (exact) mass is 243 g/mol. The summed E-state index contributed by atoms with van der Waals surface area (Å²) in [6.45, 7) is 0. The molecule has 5 heteroatoms. The number of rotatable bonds is 1. The third-order valence-corrected chi connectivity index (χ3v) is 3.20. The number of fused-ring (bicyclic) bond motifs is 1. The van der Waals surface area contributed by atoms with Gasteiger partial charge in [0.25, 0.3) is 0 Å². The molecule has 1 aliphatic rings. The van der Waals surface area contributed by atoms with Crippen LogP contribution in [0.2, 0.25) is 0 Å². The second-order valence-electron chi connectivity index (χ2n) is 4.31. The maximum Gasteiger partial charge on any atom is 0.176 e. The number of nitrogens with zero attached hydrogens (tertiary/aromatic N) is 3. The molecule has 0 unspecified atom stereocenters. The first-order valence-electron chi connectivity index (χ1n) is 5.89. The number of imidazole rings is 1. The molecule has 0 spiro atoms. The molecule has 0 saturated carbocycles. The van der Waals surface area contributed by atoms with Gasteiger partial charge >= 0.3 is 0 Å². The van der Waals surface area contributed by atoms with E-state index in [0.717, 1.165) is 23.1 Å². The van der Waals surface area contributed by atoms with Crippen molar-refractivity contribution in [3.8, 4) is 11.4 Å². The largest absolute Gasteiger partial charge is 0.427 e. The molecule has 1 heterocycles. The molecular weight excluding hydrogens is 230 g/mol. The SMILES string of the molecule is O/N=C1/CCCc2c1nc(-c1ccccc1)n2O. The second-order valence-corrected chi connectivity index (χ2v) is 4.31. The van der Waals surface area contributed by atoms with Crippen molar-refractivity contribution in [1.82, 2.24) is 9.71 Å². The zero-order valence-electron chi connectivity index (χ0n) is 9.74. The molecule has 18 heavy (non-hydrogen) atoms. The van der Waals surface area contributed by atoms with Crippen molar-refractivity contribution < 1.29 is 10.4 Å². The fraction of sp³-hybridized carbons (Fsp3) is 0.231. The van der Waals surface area contributed by atoms with Gasteiger partial charge in [0.1, 0.15) is 11.4 Å². The highest BCUT2D eigenvalue weighted by Crippen LogP contribution is 2.26. The molecule has 92 valence electrons. The van der Waals surface area contributed by atoms with Crippen molar-refractivity contribution in [2.75, 3.05) is 0 Å². The molecule has 0 atom stereocenters. The molecular formula is C13H13N3O2. The van der Waals surface area contributed by atoms with E-state index in [1.165, 1.54) is 0 Å². The van der Waals surface area contributed by atoms with Crippen LogP contribution >= 0.6 is 0 Å². The number of aromatic nitrogens is 2. The van der Waals surface area contributed by atoms with Crippen molar-refractivity contribution in [3.05, 3.63) is 41.7 Å². The summed E-state index contributed by atoms with van der Waals surface area (Å²) in [5.74, 6) is 0.489. The Morgan fingerprint density at radius 3 is 2.67 bits per heavy atom.